The molecule has 0 amide bonds. The summed E-state index contributed by atoms with van der Waals surface area (Å²) < 4.78 is 5.77. The number of hydrogen-bond donors (Lipinski definition) is 2. The lowest BCUT2D eigenvalue weighted by atomic mass is 10.2. The molecule has 0 aliphatic heterocycles. The van der Waals surface area contributed by atoms with Gasteiger partial charge in [0.05, 0.1) is 12.2 Å². The van der Waals surface area contributed by atoms with Crippen LogP contribution in [0, 0.1) is 0 Å². The minimum Gasteiger partial charge on any atom is -0.487 e. The smallest absolute Gasteiger partial charge is 0.191 e. The molecule has 0 saturated heterocycles. The zero-order chi connectivity index (χ0) is 19.2. The first-order valence-corrected chi connectivity index (χ1v) is 10.8. The summed E-state index contributed by atoms with van der Waals surface area (Å²) in [6.45, 7) is 5.01. The van der Waals surface area contributed by atoms with E-state index in [1.165, 1.54) is 12.2 Å². The van der Waals surface area contributed by atoms with Gasteiger partial charge in [0.25, 0.3) is 0 Å². The predicted molar refractivity (Wildman–Crippen MR) is 131 cm³/mol. The Morgan fingerprint density at radius 1 is 1.11 bits per heavy atom. The number of nitrogens with one attached hydrogen (secondary N) is 2. The predicted octanol–water partition coefficient (Wildman–Crippen LogP) is 4.48. The van der Waals surface area contributed by atoms with E-state index in [1.807, 2.05) is 42.1 Å². The molecule has 2 N–H and O–H groups in total. The number of unbranched alkanes of at least 4 members (excludes halogenated alkanes) is 1. The van der Waals surface area contributed by atoms with Gasteiger partial charge >= 0.3 is 0 Å². The second-order valence-corrected chi connectivity index (χ2v) is 7.06. The lowest BCUT2D eigenvalue weighted by Crippen LogP contribution is -2.37. The highest BCUT2D eigenvalue weighted by Crippen LogP contribution is 2.14. The topological polar surface area (TPSA) is 58.5 Å². The van der Waals surface area contributed by atoms with Crippen molar-refractivity contribution in [1.29, 1.82) is 0 Å². The monoisotopic (exact) mass is 514 g/mol. The SMILES string of the molecule is CCNC(=NCc1ccc(OCc2ccccn2)cc1)NCCCCSC.I. The summed E-state index contributed by atoms with van der Waals surface area (Å²) in [6, 6.07) is 13.9. The first-order valence-electron chi connectivity index (χ1n) is 9.44. The molecule has 0 aliphatic rings. The molecule has 1 aromatic heterocycles. The van der Waals surface area contributed by atoms with Crippen LogP contribution in [0.5, 0.6) is 5.75 Å². The molecule has 0 radical (unpaired) electrons. The van der Waals surface area contributed by atoms with Gasteiger partial charge in [-0.1, -0.05) is 18.2 Å². The number of halogens is 1. The van der Waals surface area contributed by atoms with Gasteiger partial charge in [0.2, 0.25) is 0 Å². The Morgan fingerprint density at radius 3 is 2.61 bits per heavy atom. The average molecular weight is 514 g/mol. The first-order chi connectivity index (χ1) is 13.3. The number of pyridine rings is 1. The zero-order valence-electron chi connectivity index (χ0n) is 16.7. The molecular formula is C21H31IN4OS. The van der Waals surface area contributed by atoms with E-state index in [9.17, 15) is 0 Å². The van der Waals surface area contributed by atoms with Crippen LogP contribution in [0.3, 0.4) is 0 Å². The van der Waals surface area contributed by atoms with E-state index in [2.05, 4.69) is 45.9 Å². The summed E-state index contributed by atoms with van der Waals surface area (Å²) in [7, 11) is 0. The second-order valence-electron chi connectivity index (χ2n) is 6.08. The molecule has 0 spiro atoms. The van der Waals surface area contributed by atoms with Crippen LogP contribution in [0.25, 0.3) is 0 Å². The van der Waals surface area contributed by atoms with E-state index in [4.69, 9.17) is 4.74 Å². The average Bonchev–Trinajstić information content (AvgIpc) is 2.72. The number of ether oxygens (including phenoxy) is 1. The molecule has 0 atom stereocenters. The van der Waals surface area contributed by atoms with Gasteiger partial charge in [-0.2, -0.15) is 11.8 Å². The Bertz CT molecular complexity index is 668. The highest BCUT2D eigenvalue weighted by molar-refractivity contribution is 14.0. The fourth-order valence-corrected chi connectivity index (χ4v) is 2.91. The standard InChI is InChI=1S/C21H30N4OS.HI/c1-3-22-21(24-14-6-7-15-27-2)25-16-18-9-11-20(12-10-18)26-17-19-8-4-5-13-23-19;/h4-5,8-13H,3,6-7,14-17H2,1-2H3,(H2,22,24,25);1H. The number of aromatic nitrogens is 1. The molecule has 7 heteroatoms. The molecule has 1 heterocycles. The van der Waals surface area contributed by atoms with E-state index >= 15 is 0 Å². The maximum Gasteiger partial charge on any atom is 0.191 e. The van der Waals surface area contributed by atoms with Gasteiger partial charge in [0.15, 0.2) is 5.96 Å². The molecule has 0 aliphatic carbocycles. The van der Waals surface area contributed by atoms with E-state index in [0.717, 1.165) is 42.5 Å². The maximum absolute atomic E-state index is 5.77. The summed E-state index contributed by atoms with van der Waals surface area (Å²) in [6.07, 6.45) is 6.31. The highest BCUT2D eigenvalue weighted by Gasteiger charge is 2.00. The van der Waals surface area contributed by atoms with Gasteiger partial charge in [-0.05, 0) is 61.6 Å². The van der Waals surface area contributed by atoms with E-state index in [-0.39, 0.29) is 24.0 Å². The molecule has 1 aromatic carbocycles. The summed E-state index contributed by atoms with van der Waals surface area (Å²) in [4.78, 5) is 8.92. The Balaban J connectivity index is 0.00000392. The number of hydrogen-bond acceptors (Lipinski definition) is 4. The van der Waals surface area contributed by atoms with Gasteiger partial charge in [-0.25, -0.2) is 4.99 Å². The minimum atomic E-state index is 0. The molecule has 0 unspecified atom stereocenters. The summed E-state index contributed by atoms with van der Waals surface area (Å²) in [5.74, 6) is 2.92. The Hall–Kier alpha value is -1.48. The number of nitrogens with zero attached hydrogens (tertiary/aromatic N) is 2. The molecule has 2 rings (SSSR count). The van der Waals surface area contributed by atoms with Gasteiger partial charge in [0.1, 0.15) is 12.4 Å². The van der Waals surface area contributed by atoms with Gasteiger partial charge < -0.3 is 15.4 Å². The Kier molecular flexibility index (Phi) is 13.5. The summed E-state index contributed by atoms with van der Waals surface area (Å²) >= 11 is 1.89. The van der Waals surface area contributed by atoms with Crippen molar-refractivity contribution in [1.82, 2.24) is 15.6 Å². The van der Waals surface area contributed by atoms with E-state index in [0.29, 0.717) is 13.2 Å². The van der Waals surface area contributed by atoms with Crippen LogP contribution in [-0.4, -0.2) is 36.0 Å². The summed E-state index contributed by atoms with van der Waals surface area (Å²) in [5.41, 5.74) is 2.07. The van der Waals surface area contributed by atoms with E-state index < -0.39 is 0 Å². The molecular weight excluding hydrogens is 483 g/mol. The third-order valence-corrected chi connectivity index (χ3v) is 4.56. The molecule has 2 aromatic rings. The molecule has 0 fully saturated rings. The van der Waals surface area contributed by atoms with Crippen LogP contribution >= 0.6 is 35.7 Å². The molecule has 0 bridgehead atoms. The van der Waals surface area contributed by atoms with Gasteiger partial charge in [-0.15, -0.1) is 24.0 Å². The third kappa shape index (κ3) is 10.2. The Labute approximate surface area is 190 Å². The summed E-state index contributed by atoms with van der Waals surface area (Å²) in [5, 5.41) is 6.69. The highest BCUT2D eigenvalue weighted by atomic mass is 127. The minimum absolute atomic E-state index is 0. The number of benzene rings is 1. The maximum atomic E-state index is 5.77. The lowest BCUT2D eigenvalue weighted by Gasteiger charge is -2.11. The first kappa shape index (κ1) is 24.6. The normalized spacial score (nSPS) is 10.9. The number of guanidine groups is 1. The van der Waals surface area contributed by atoms with Crippen molar-refractivity contribution >= 4 is 41.7 Å². The Morgan fingerprint density at radius 2 is 1.93 bits per heavy atom. The van der Waals surface area contributed by atoms with Crippen LogP contribution in [0.4, 0.5) is 0 Å². The third-order valence-electron chi connectivity index (χ3n) is 3.87. The van der Waals surface area contributed by atoms with Crippen molar-refractivity contribution in [2.75, 3.05) is 25.1 Å². The molecule has 28 heavy (non-hydrogen) atoms. The van der Waals surface area contributed by atoms with Crippen LogP contribution in [0.2, 0.25) is 0 Å². The quantitative estimate of drug-likeness (QED) is 0.201. The van der Waals surface area contributed by atoms with Crippen molar-refractivity contribution in [3.8, 4) is 5.75 Å². The fraction of sp³-hybridized carbons (Fsp3) is 0.429. The fourth-order valence-electron chi connectivity index (χ4n) is 2.42. The number of aliphatic imine (C=N–C) groups is 1. The van der Waals surface area contributed by atoms with Crippen LogP contribution in [0.1, 0.15) is 31.0 Å². The van der Waals surface area contributed by atoms with Gasteiger partial charge in [0, 0.05) is 19.3 Å². The number of thioether (sulfide) groups is 1. The van der Waals surface area contributed by atoms with E-state index in [1.54, 1.807) is 6.20 Å². The van der Waals surface area contributed by atoms with Crippen LogP contribution < -0.4 is 15.4 Å². The van der Waals surface area contributed by atoms with Crippen molar-refractivity contribution in [2.24, 2.45) is 4.99 Å². The number of rotatable bonds is 11. The van der Waals surface area contributed by atoms with Crippen molar-refractivity contribution in [3.63, 3.8) is 0 Å². The van der Waals surface area contributed by atoms with Crippen LogP contribution in [-0.2, 0) is 13.2 Å². The van der Waals surface area contributed by atoms with Gasteiger partial charge in [-0.3, -0.25) is 4.98 Å². The van der Waals surface area contributed by atoms with Crippen molar-refractivity contribution in [2.45, 2.75) is 32.9 Å². The van der Waals surface area contributed by atoms with Crippen molar-refractivity contribution < 1.29 is 4.74 Å². The van der Waals surface area contributed by atoms with Crippen LogP contribution in [0.15, 0.2) is 53.7 Å². The second kappa shape index (κ2) is 15.4. The molecule has 0 saturated carbocycles. The lowest BCUT2D eigenvalue weighted by molar-refractivity contribution is 0.301. The largest absolute Gasteiger partial charge is 0.487 e. The van der Waals surface area contributed by atoms with Crippen molar-refractivity contribution in [3.05, 3.63) is 59.9 Å². The molecule has 5 nitrogen and oxygen atoms in total. The molecule has 154 valence electrons. The zero-order valence-corrected chi connectivity index (χ0v) is 19.8.